The van der Waals surface area contributed by atoms with Gasteiger partial charge in [-0.25, -0.2) is 17.5 Å². The van der Waals surface area contributed by atoms with E-state index in [1.165, 1.54) is 18.2 Å². The van der Waals surface area contributed by atoms with Gasteiger partial charge in [-0.3, -0.25) is 0 Å². The van der Waals surface area contributed by atoms with Crippen LogP contribution in [-0.4, -0.2) is 26.7 Å². The van der Waals surface area contributed by atoms with E-state index in [0.29, 0.717) is 13.0 Å². The number of aliphatic hydroxyl groups excluding tert-OH is 1. The van der Waals surface area contributed by atoms with Crippen LogP contribution < -0.4 is 4.72 Å². The van der Waals surface area contributed by atoms with Crippen LogP contribution in [0.3, 0.4) is 0 Å². The summed E-state index contributed by atoms with van der Waals surface area (Å²) in [6, 6.07) is 4.92. The molecule has 0 atom stereocenters. The lowest BCUT2D eigenvalue weighted by Crippen LogP contribution is -2.30. The third-order valence-electron chi connectivity index (χ3n) is 3.34. The fourth-order valence-corrected chi connectivity index (χ4v) is 3.08. The van der Waals surface area contributed by atoms with Gasteiger partial charge in [-0.05, 0) is 42.9 Å². The van der Waals surface area contributed by atoms with Gasteiger partial charge in [0.05, 0.1) is 4.90 Å². The van der Waals surface area contributed by atoms with Crippen molar-refractivity contribution in [3.63, 3.8) is 0 Å². The fraction of sp³-hybridized carbons (Fsp3) is 0.500. The topological polar surface area (TPSA) is 66.4 Å². The molecule has 2 N–H and O–H groups in total. The third kappa shape index (κ3) is 3.07. The molecule has 1 fully saturated rings. The van der Waals surface area contributed by atoms with Crippen LogP contribution in [0.4, 0.5) is 4.39 Å². The molecule has 0 unspecified atom stereocenters. The molecule has 0 aromatic heterocycles. The summed E-state index contributed by atoms with van der Waals surface area (Å²) in [7, 11) is -3.67. The van der Waals surface area contributed by atoms with E-state index in [-0.39, 0.29) is 16.9 Å². The Balaban J connectivity index is 2.04. The molecule has 6 heteroatoms. The van der Waals surface area contributed by atoms with E-state index in [9.17, 15) is 12.8 Å². The number of hydrogen-bond donors (Lipinski definition) is 2. The van der Waals surface area contributed by atoms with Gasteiger partial charge < -0.3 is 5.11 Å². The molecule has 1 aliphatic carbocycles. The Kier molecular flexibility index (Phi) is 3.70. The summed E-state index contributed by atoms with van der Waals surface area (Å²) in [5.74, 6) is -0.575. The molecule has 0 radical (unpaired) electrons. The Labute approximate surface area is 106 Å². The van der Waals surface area contributed by atoms with Crippen molar-refractivity contribution < 1.29 is 17.9 Å². The molecule has 2 rings (SSSR count). The van der Waals surface area contributed by atoms with Gasteiger partial charge in [0.25, 0.3) is 0 Å². The van der Waals surface area contributed by atoms with Crippen molar-refractivity contribution in [3.8, 4) is 0 Å². The van der Waals surface area contributed by atoms with Crippen LogP contribution >= 0.6 is 0 Å². The van der Waals surface area contributed by atoms with Gasteiger partial charge in [0.2, 0.25) is 10.0 Å². The lowest BCUT2D eigenvalue weighted by atomic mass is 10.0. The summed E-state index contributed by atoms with van der Waals surface area (Å²) in [6.45, 7) is 0.355. The van der Waals surface area contributed by atoms with Crippen LogP contribution in [0.1, 0.15) is 19.3 Å². The predicted molar refractivity (Wildman–Crippen MR) is 65.0 cm³/mol. The average Bonchev–Trinajstić information content (AvgIpc) is 3.08. The average molecular weight is 273 g/mol. The van der Waals surface area contributed by atoms with Crippen LogP contribution in [0.25, 0.3) is 0 Å². The van der Waals surface area contributed by atoms with Crippen LogP contribution in [0.2, 0.25) is 0 Å². The normalized spacial score (nSPS) is 17.7. The largest absolute Gasteiger partial charge is 0.396 e. The smallest absolute Gasteiger partial charge is 0.240 e. The first-order chi connectivity index (χ1) is 8.47. The second kappa shape index (κ2) is 4.95. The summed E-state index contributed by atoms with van der Waals surface area (Å²) in [5, 5.41) is 8.90. The van der Waals surface area contributed by atoms with E-state index in [1.807, 2.05) is 0 Å². The Morgan fingerprint density at radius 1 is 1.39 bits per heavy atom. The number of rotatable bonds is 6. The second-order valence-corrected chi connectivity index (χ2v) is 6.52. The van der Waals surface area contributed by atoms with E-state index in [2.05, 4.69) is 4.72 Å². The van der Waals surface area contributed by atoms with E-state index in [4.69, 9.17) is 5.11 Å². The molecular weight excluding hydrogens is 257 g/mol. The molecule has 1 saturated carbocycles. The van der Waals surface area contributed by atoms with Gasteiger partial charge in [0.1, 0.15) is 5.82 Å². The minimum Gasteiger partial charge on any atom is -0.396 e. The summed E-state index contributed by atoms with van der Waals surface area (Å²) in [5.41, 5.74) is -0.102. The zero-order chi connectivity index (χ0) is 13.2. The van der Waals surface area contributed by atoms with Crippen molar-refractivity contribution in [2.45, 2.75) is 24.2 Å². The Morgan fingerprint density at radius 3 is 2.67 bits per heavy atom. The first-order valence-corrected chi connectivity index (χ1v) is 7.32. The van der Waals surface area contributed by atoms with Crippen molar-refractivity contribution in [3.05, 3.63) is 30.1 Å². The minimum absolute atomic E-state index is 0.0572. The number of benzene rings is 1. The standard InChI is InChI=1S/C12H16FNO3S/c13-10-2-1-3-11(8-10)18(16,17)14-9-12(4-5-12)6-7-15/h1-3,8,14-15H,4-7,9H2. The molecule has 18 heavy (non-hydrogen) atoms. The summed E-state index contributed by atoms with van der Waals surface area (Å²) in [4.78, 5) is -0.0673. The van der Waals surface area contributed by atoms with Crippen LogP contribution in [0.5, 0.6) is 0 Å². The van der Waals surface area contributed by atoms with Gasteiger partial charge in [-0.2, -0.15) is 0 Å². The Morgan fingerprint density at radius 2 is 2.11 bits per heavy atom. The highest BCUT2D eigenvalue weighted by Crippen LogP contribution is 2.48. The van der Waals surface area contributed by atoms with Crippen molar-refractivity contribution in [2.75, 3.05) is 13.2 Å². The minimum atomic E-state index is -3.67. The predicted octanol–water partition coefficient (Wildman–Crippen LogP) is 1.27. The van der Waals surface area contributed by atoms with Crippen LogP contribution in [0.15, 0.2) is 29.2 Å². The molecule has 0 saturated heterocycles. The summed E-state index contributed by atoms with van der Waals surface area (Å²) in [6.07, 6.45) is 2.43. The number of hydrogen-bond acceptors (Lipinski definition) is 3. The van der Waals surface area contributed by atoms with Crippen LogP contribution in [0, 0.1) is 11.2 Å². The lowest BCUT2D eigenvalue weighted by molar-refractivity contribution is 0.249. The first-order valence-electron chi connectivity index (χ1n) is 5.84. The maximum Gasteiger partial charge on any atom is 0.240 e. The highest BCUT2D eigenvalue weighted by atomic mass is 32.2. The quantitative estimate of drug-likeness (QED) is 0.820. The van der Waals surface area contributed by atoms with E-state index in [1.54, 1.807) is 0 Å². The first kappa shape index (κ1) is 13.5. The molecule has 4 nitrogen and oxygen atoms in total. The lowest BCUT2D eigenvalue weighted by Gasteiger charge is -2.14. The van der Waals surface area contributed by atoms with Crippen LogP contribution in [-0.2, 0) is 10.0 Å². The summed E-state index contributed by atoms with van der Waals surface area (Å²) >= 11 is 0. The van der Waals surface area contributed by atoms with Crippen molar-refractivity contribution >= 4 is 10.0 Å². The number of sulfonamides is 1. The monoisotopic (exact) mass is 273 g/mol. The van der Waals surface area contributed by atoms with Gasteiger partial charge in [-0.15, -0.1) is 0 Å². The maximum absolute atomic E-state index is 13.0. The molecule has 0 spiro atoms. The Hall–Kier alpha value is -0.980. The molecular formula is C12H16FNO3S. The number of nitrogens with one attached hydrogen (secondary N) is 1. The molecule has 0 heterocycles. The molecule has 1 aromatic carbocycles. The third-order valence-corrected chi connectivity index (χ3v) is 4.74. The van der Waals surface area contributed by atoms with Gasteiger partial charge >= 0.3 is 0 Å². The SMILES string of the molecule is O=S(=O)(NCC1(CCO)CC1)c1cccc(F)c1. The van der Waals surface area contributed by atoms with Gasteiger partial charge in [-0.1, -0.05) is 6.07 Å². The zero-order valence-corrected chi connectivity index (χ0v) is 10.7. The van der Waals surface area contributed by atoms with Gasteiger partial charge in [0, 0.05) is 13.2 Å². The maximum atomic E-state index is 13.0. The van der Waals surface area contributed by atoms with E-state index >= 15 is 0 Å². The zero-order valence-electron chi connectivity index (χ0n) is 9.89. The van der Waals surface area contributed by atoms with E-state index in [0.717, 1.165) is 18.9 Å². The molecule has 1 aliphatic rings. The summed E-state index contributed by atoms with van der Waals surface area (Å²) < 4.78 is 39.3. The number of halogens is 1. The molecule has 0 amide bonds. The van der Waals surface area contributed by atoms with Crippen molar-refractivity contribution in [1.82, 2.24) is 4.72 Å². The molecule has 1 aromatic rings. The number of aliphatic hydroxyl groups is 1. The highest BCUT2D eigenvalue weighted by molar-refractivity contribution is 7.89. The van der Waals surface area contributed by atoms with E-state index < -0.39 is 15.8 Å². The van der Waals surface area contributed by atoms with Crippen molar-refractivity contribution in [2.24, 2.45) is 5.41 Å². The van der Waals surface area contributed by atoms with Gasteiger partial charge in [0.15, 0.2) is 0 Å². The molecule has 0 aliphatic heterocycles. The highest BCUT2D eigenvalue weighted by Gasteiger charge is 2.42. The Bertz CT molecular complexity index is 526. The molecule has 0 bridgehead atoms. The molecule has 100 valence electrons. The van der Waals surface area contributed by atoms with Crippen molar-refractivity contribution in [1.29, 1.82) is 0 Å². The second-order valence-electron chi connectivity index (χ2n) is 4.76. The fourth-order valence-electron chi connectivity index (χ4n) is 1.89.